The Morgan fingerprint density at radius 1 is 1.44 bits per heavy atom. The van der Waals surface area contributed by atoms with E-state index < -0.39 is 23.2 Å². The van der Waals surface area contributed by atoms with Gasteiger partial charge in [-0.05, 0) is 33.6 Å². The summed E-state index contributed by atoms with van der Waals surface area (Å²) in [5.74, 6) is -0.566. The zero-order valence-electron chi connectivity index (χ0n) is 11.2. The van der Waals surface area contributed by atoms with Crippen LogP contribution < -0.4 is 5.73 Å². The van der Waals surface area contributed by atoms with E-state index in [0.717, 1.165) is 0 Å². The van der Waals surface area contributed by atoms with Crippen molar-refractivity contribution in [2.75, 3.05) is 13.1 Å². The summed E-state index contributed by atoms with van der Waals surface area (Å²) in [6.45, 7) is 5.96. The van der Waals surface area contributed by atoms with Gasteiger partial charge in [-0.2, -0.15) is 0 Å². The van der Waals surface area contributed by atoms with Crippen molar-refractivity contribution in [3.05, 3.63) is 0 Å². The van der Waals surface area contributed by atoms with Crippen LogP contribution in [0.4, 0.5) is 4.79 Å². The number of rotatable bonds is 2. The topological polar surface area (TPSA) is 92.9 Å². The van der Waals surface area contributed by atoms with Crippen LogP contribution >= 0.6 is 0 Å². The van der Waals surface area contributed by atoms with Gasteiger partial charge < -0.3 is 20.5 Å². The number of hydrogen-bond donors (Lipinski definition) is 2. The molecular formula is C12H22N2O4. The van der Waals surface area contributed by atoms with Crippen molar-refractivity contribution in [1.29, 1.82) is 0 Å². The van der Waals surface area contributed by atoms with Gasteiger partial charge >= 0.3 is 6.09 Å². The van der Waals surface area contributed by atoms with Gasteiger partial charge in [0.15, 0.2) is 0 Å². The van der Waals surface area contributed by atoms with Crippen LogP contribution in [0.2, 0.25) is 0 Å². The van der Waals surface area contributed by atoms with Crippen LogP contribution in [0.3, 0.4) is 0 Å². The summed E-state index contributed by atoms with van der Waals surface area (Å²) < 4.78 is 5.24. The number of aliphatic hydroxyl groups is 1. The van der Waals surface area contributed by atoms with E-state index in [2.05, 4.69) is 0 Å². The van der Waals surface area contributed by atoms with Crippen molar-refractivity contribution < 1.29 is 19.4 Å². The summed E-state index contributed by atoms with van der Waals surface area (Å²) in [5.41, 5.74) is 3.30. The number of β-amino-alcohol motifs (C(OH)–C–C–N with tert-alkyl or cyclic N) is 1. The smallest absolute Gasteiger partial charge is 0.410 e. The number of amides is 2. The maximum Gasteiger partial charge on any atom is 0.410 e. The molecule has 1 aliphatic rings. The molecule has 1 rings (SSSR count). The van der Waals surface area contributed by atoms with Gasteiger partial charge in [-0.25, -0.2) is 4.79 Å². The molecule has 0 aromatic rings. The number of ether oxygens (including phenoxy) is 1. The monoisotopic (exact) mass is 258 g/mol. The fourth-order valence-corrected chi connectivity index (χ4v) is 2.06. The molecule has 0 bridgehead atoms. The molecule has 2 amide bonds. The molecule has 6 nitrogen and oxygen atoms in total. The summed E-state index contributed by atoms with van der Waals surface area (Å²) in [4.78, 5) is 24.2. The summed E-state index contributed by atoms with van der Waals surface area (Å²) in [5, 5.41) is 10.2. The van der Waals surface area contributed by atoms with Crippen LogP contribution in [0.25, 0.3) is 0 Å². The third kappa shape index (κ3) is 4.52. The van der Waals surface area contributed by atoms with E-state index in [1.807, 2.05) is 0 Å². The van der Waals surface area contributed by atoms with Crippen molar-refractivity contribution in [3.8, 4) is 0 Å². The van der Waals surface area contributed by atoms with Gasteiger partial charge in [0.25, 0.3) is 0 Å². The minimum atomic E-state index is -1.22. The van der Waals surface area contributed by atoms with Gasteiger partial charge in [-0.3, -0.25) is 4.79 Å². The summed E-state index contributed by atoms with van der Waals surface area (Å²) in [7, 11) is 0. The molecule has 6 heteroatoms. The van der Waals surface area contributed by atoms with Crippen LogP contribution in [-0.4, -0.2) is 46.3 Å². The number of primary amides is 1. The molecule has 0 radical (unpaired) electrons. The Morgan fingerprint density at radius 3 is 2.56 bits per heavy atom. The first-order chi connectivity index (χ1) is 8.11. The van der Waals surface area contributed by atoms with E-state index in [-0.39, 0.29) is 13.0 Å². The van der Waals surface area contributed by atoms with Crippen LogP contribution in [0, 0.1) is 0 Å². The highest BCUT2D eigenvalue weighted by Crippen LogP contribution is 2.25. The van der Waals surface area contributed by atoms with Gasteiger partial charge in [0, 0.05) is 6.54 Å². The Balaban J connectivity index is 2.63. The number of nitrogens with zero attached hydrogens (tertiary/aromatic N) is 1. The predicted molar refractivity (Wildman–Crippen MR) is 65.8 cm³/mol. The van der Waals surface area contributed by atoms with Crippen LogP contribution in [0.1, 0.15) is 40.0 Å². The van der Waals surface area contributed by atoms with Crippen LogP contribution in [-0.2, 0) is 9.53 Å². The first-order valence-corrected chi connectivity index (χ1v) is 6.10. The Hall–Kier alpha value is -1.30. The Labute approximate surface area is 107 Å². The average molecular weight is 258 g/mol. The van der Waals surface area contributed by atoms with Crippen molar-refractivity contribution >= 4 is 12.0 Å². The van der Waals surface area contributed by atoms with E-state index >= 15 is 0 Å². The van der Waals surface area contributed by atoms with Gasteiger partial charge in [0.2, 0.25) is 5.91 Å². The van der Waals surface area contributed by atoms with Gasteiger partial charge in [0.1, 0.15) is 5.60 Å². The van der Waals surface area contributed by atoms with E-state index in [1.165, 1.54) is 4.90 Å². The third-order valence-electron chi connectivity index (χ3n) is 2.71. The summed E-state index contributed by atoms with van der Waals surface area (Å²) in [6, 6.07) is 0. The normalized spacial score (nSPS) is 24.8. The molecule has 0 aromatic heterocycles. The lowest BCUT2D eigenvalue weighted by molar-refractivity contribution is -0.125. The first-order valence-electron chi connectivity index (χ1n) is 6.10. The third-order valence-corrected chi connectivity index (χ3v) is 2.71. The molecule has 3 N–H and O–H groups in total. The number of hydrogen-bond acceptors (Lipinski definition) is 4. The lowest BCUT2D eigenvalue weighted by atomic mass is 9.89. The number of carbonyl (C=O) groups is 2. The number of likely N-dealkylation sites (tertiary alicyclic amines) is 1. The molecule has 1 atom stereocenters. The Kier molecular flexibility index (Phi) is 4.21. The highest BCUT2D eigenvalue weighted by Gasteiger charge is 2.37. The molecule has 0 aliphatic carbocycles. The Bertz CT molecular complexity index is 337. The molecule has 1 heterocycles. The quantitative estimate of drug-likeness (QED) is 0.759. The molecule has 18 heavy (non-hydrogen) atoms. The standard InChI is InChI=1S/C12H22N2O4/c1-11(2,3)18-10(16)14-6-4-5-12(17,8-14)7-9(13)15/h17H,4-8H2,1-3H3,(H2,13,15). The van der Waals surface area contributed by atoms with E-state index in [0.29, 0.717) is 19.4 Å². The minimum Gasteiger partial charge on any atom is -0.444 e. The lowest BCUT2D eigenvalue weighted by Crippen LogP contribution is -2.52. The molecule has 1 aliphatic heterocycles. The van der Waals surface area contributed by atoms with E-state index in [1.54, 1.807) is 20.8 Å². The summed E-state index contributed by atoms with van der Waals surface area (Å²) in [6.07, 6.45) is 0.495. The van der Waals surface area contributed by atoms with Crippen molar-refractivity contribution in [2.24, 2.45) is 5.73 Å². The number of piperidine rings is 1. The second-order valence-corrected chi connectivity index (χ2v) is 5.87. The number of carbonyl (C=O) groups excluding carboxylic acids is 2. The molecule has 1 saturated heterocycles. The molecule has 0 spiro atoms. The second-order valence-electron chi connectivity index (χ2n) is 5.87. The predicted octanol–water partition coefficient (Wildman–Crippen LogP) is 0.624. The maximum atomic E-state index is 11.9. The van der Waals surface area contributed by atoms with Gasteiger partial charge in [0.05, 0.1) is 18.6 Å². The fourth-order valence-electron chi connectivity index (χ4n) is 2.06. The highest BCUT2D eigenvalue weighted by atomic mass is 16.6. The van der Waals surface area contributed by atoms with Crippen LogP contribution in [0.15, 0.2) is 0 Å². The molecule has 1 fully saturated rings. The van der Waals surface area contributed by atoms with Gasteiger partial charge in [-0.15, -0.1) is 0 Å². The fraction of sp³-hybridized carbons (Fsp3) is 0.833. The molecular weight excluding hydrogens is 236 g/mol. The zero-order valence-corrected chi connectivity index (χ0v) is 11.2. The lowest BCUT2D eigenvalue weighted by Gasteiger charge is -2.39. The van der Waals surface area contributed by atoms with Gasteiger partial charge in [-0.1, -0.05) is 0 Å². The van der Waals surface area contributed by atoms with E-state index in [9.17, 15) is 14.7 Å². The summed E-state index contributed by atoms with van der Waals surface area (Å²) >= 11 is 0. The molecule has 0 aromatic carbocycles. The zero-order chi connectivity index (χ0) is 14.0. The largest absolute Gasteiger partial charge is 0.444 e. The highest BCUT2D eigenvalue weighted by molar-refractivity contribution is 5.75. The minimum absolute atomic E-state index is 0.0881. The number of nitrogens with two attached hydrogens (primary N) is 1. The molecule has 1 unspecified atom stereocenters. The first kappa shape index (κ1) is 14.8. The average Bonchev–Trinajstić information content (AvgIpc) is 2.12. The Morgan fingerprint density at radius 2 is 2.06 bits per heavy atom. The molecule has 104 valence electrons. The second kappa shape index (κ2) is 5.14. The maximum absolute atomic E-state index is 11.9. The SMILES string of the molecule is CC(C)(C)OC(=O)N1CCCC(O)(CC(N)=O)C1. The van der Waals surface area contributed by atoms with Crippen LogP contribution in [0.5, 0.6) is 0 Å². The van der Waals surface area contributed by atoms with Crippen molar-refractivity contribution in [3.63, 3.8) is 0 Å². The van der Waals surface area contributed by atoms with Crippen molar-refractivity contribution in [1.82, 2.24) is 4.90 Å². The van der Waals surface area contributed by atoms with Crippen molar-refractivity contribution in [2.45, 2.75) is 51.2 Å². The molecule has 0 saturated carbocycles. The van der Waals surface area contributed by atoms with E-state index in [4.69, 9.17) is 10.5 Å².